The third kappa shape index (κ3) is 5.67. The van der Waals surface area contributed by atoms with E-state index in [1.165, 1.54) is 4.31 Å². The van der Waals surface area contributed by atoms with Crippen LogP contribution in [0.1, 0.15) is 32.9 Å². The number of rotatable bonds is 9. The first-order valence-electron chi connectivity index (χ1n) is 12.9. The van der Waals surface area contributed by atoms with Gasteiger partial charge in [0, 0.05) is 18.9 Å². The van der Waals surface area contributed by atoms with Crippen molar-refractivity contribution in [3.05, 3.63) is 144 Å². The van der Waals surface area contributed by atoms with Crippen molar-refractivity contribution in [3.63, 3.8) is 0 Å². The topological polar surface area (TPSA) is 84.3 Å². The summed E-state index contributed by atoms with van der Waals surface area (Å²) < 4.78 is 31.3. The number of anilines is 1. The van der Waals surface area contributed by atoms with Gasteiger partial charge in [0.2, 0.25) is 0 Å². The van der Waals surface area contributed by atoms with Crippen LogP contribution in [0.4, 0.5) is 5.69 Å². The van der Waals surface area contributed by atoms with Crippen LogP contribution >= 0.6 is 0 Å². The Kier molecular flexibility index (Phi) is 7.79. The van der Waals surface area contributed by atoms with Crippen molar-refractivity contribution in [2.75, 3.05) is 4.31 Å². The normalized spacial score (nSPS) is 11.2. The third-order valence-electron chi connectivity index (χ3n) is 6.71. The van der Waals surface area contributed by atoms with E-state index in [1.807, 2.05) is 79.2 Å². The van der Waals surface area contributed by atoms with Gasteiger partial charge in [0.05, 0.1) is 28.4 Å². The molecule has 8 heteroatoms. The average molecular weight is 551 g/mol. The summed E-state index contributed by atoms with van der Waals surface area (Å²) in [6.45, 7) is 4.15. The van der Waals surface area contributed by atoms with Crippen LogP contribution in [0.2, 0.25) is 0 Å². The van der Waals surface area contributed by atoms with E-state index in [1.54, 1.807) is 54.7 Å². The molecule has 0 aliphatic carbocycles. The zero-order chi connectivity index (χ0) is 28.1. The molecule has 4 aromatic carbocycles. The van der Waals surface area contributed by atoms with Crippen LogP contribution in [0.15, 0.2) is 120 Å². The Hall–Kier alpha value is -4.69. The van der Waals surface area contributed by atoms with Crippen LogP contribution in [-0.4, -0.2) is 23.9 Å². The lowest BCUT2D eigenvalue weighted by Gasteiger charge is -2.27. The van der Waals surface area contributed by atoms with E-state index in [9.17, 15) is 13.2 Å². The summed E-state index contributed by atoms with van der Waals surface area (Å²) in [5.41, 5.74) is 4.16. The molecule has 0 atom stereocenters. The summed E-state index contributed by atoms with van der Waals surface area (Å²) in [6, 6.07) is 30.7. The summed E-state index contributed by atoms with van der Waals surface area (Å²) >= 11 is 0. The van der Waals surface area contributed by atoms with Gasteiger partial charge in [-0.2, -0.15) is 0 Å². The second kappa shape index (κ2) is 11.6. The number of benzene rings is 4. The highest BCUT2D eigenvalue weighted by Gasteiger charge is 2.28. The van der Waals surface area contributed by atoms with Gasteiger partial charge in [-0.3, -0.25) is 9.10 Å². The van der Waals surface area contributed by atoms with Crippen LogP contribution in [0.25, 0.3) is 5.69 Å². The summed E-state index contributed by atoms with van der Waals surface area (Å²) in [4.78, 5) is 18.1. The molecule has 1 aromatic heterocycles. The molecule has 40 heavy (non-hydrogen) atoms. The van der Waals surface area contributed by atoms with Crippen molar-refractivity contribution in [2.45, 2.75) is 31.8 Å². The second-order valence-corrected chi connectivity index (χ2v) is 11.3. The first-order valence-corrected chi connectivity index (χ1v) is 14.4. The standard InChI is InChI=1S/C32H30N4O3S/c1-24-16-18-28(19-17-24)40(38,39)36(23-26-10-4-3-5-11-26)31-15-9-7-13-29(31)32(37)34-22-27-12-6-8-14-30(27)35-21-20-33-25(35)2/h3-21H,22-23H2,1-2H3,(H,34,37). The van der Waals surface area contributed by atoms with Gasteiger partial charge in [-0.05, 0) is 55.3 Å². The minimum atomic E-state index is -3.99. The maximum Gasteiger partial charge on any atom is 0.264 e. The van der Waals surface area contributed by atoms with Crippen LogP contribution in [-0.2, 0) is 23.1 Å². The molecule has 0 aliphatic rings. The Bertz CT molecular complexity index is 1730. The number of para-hydroxylation sites is 2. The van der Waals surface area contributed by atoms with Crippen LogP contribution in [0.5, 0.6) is 0 Å². The molecule has 5 rings (SSSR count). The molecule has 7 nitrogen and oxygen atoms in total. The lowest BCUT2D eigenvalue weighted by molar-refractivity contribution is 0.0951. The lowest BCUT2D eigenvalue weighted by Crippen LogP contribution is -2.33. The Balaban J connectivity index is 1.49. The van der Waals surface area contributed by atoms with E-state index in [0.29, 0.717) is 5.69 Å². The Labute approximate surface area is 234 Å². The molecule has 0 spiro atoms. The molecule has 0 fully saturated rings. The van der Waals surface area contributed by atoms with Crippen molar-refractivity contribution in [1.29, 1.82) is 0 Å². The smallest absolute Gasteiger partial charge is 0.264 e. The quantitative estimate of drug-likeness (QED) is 0.251. The number of carbonyl (C=O) groups is 1. The monoisotopic (exact) mass is 550 g/mol. The molecule has 0 saturated heterocycles. The Morgan fingerprint density at radius 3 is 2.25 bits per heavy atom. The summed E-state index contributed by atoms with van der Waals surface area (Å²) in [7, 11) is -3.99. The fourth-order valence-electron chi connectivity index (χ4n) is 4.57. The molecule has 1 amide bonds. The van der Waals surface area contributed by atoms with E-state index < -0.39 is 10.0 Å². The van der Waals surface area contributed by atoms with Gasteiger partial charge >= 0.3 is 0 Å². The van der Waals surface area contributed by atoms with Gasteiger partial charge in [0.25, 0.3) is 15.9 Å². The number of aromatic nitrogens is 2. The number of amides is 1. The number of carbonyl (C=O) groups excluding carboxylic acids is 1. The maximum absolute atomic E-state index is 14.0. The first-order chi connectivity index (χ1) is 19.3. The van der Waals surface area contributed by atoms with Gasteiger partial charge < -0.3 is 9.88 Å². The first kappa shape index (κ1) is 26.9. The Morgan fingerprint density at radius 1 is 0.850 bits per heavy atom. The van der Waals surface area contributed by atoms with E-state index >= 15 is 0 Å². The van der Waals surface area contributed by atoms with Gasteiger partial charge in [0.15, 0.2) is 0 Å². The third-order valence-corrected chi connectivity index (χ3v) is 8.49. The minimum Gasteiger partial charge on any atom is -0.348 e. The van der Waals surface area contributed by atoms with Crippen molar-refractivity contribution >= 4 is 21.6 Å². The highest BCUT2D eigenvalue weighted by molar-refractivity contribution is 7.92. The number of aryl methyl sites for hydroxylation is 2. The zero-order valence-electron chi connectivity index (χ0n) is 22.4. The van der Waals surface area contributed by atoms with Crippen LogP contribution in [0, 0.1) is 13.8 Å². The molecule has 0 aliphatic heterocycles. The highest BCUT2D eigenvalue weighted by atomic mass is 32.2. The maximum atomic E-state index is 14.0. The molecule has 1 heterocycles. The number of hydrogen-bond donors (Lipinski definition) is 1. The molecular formula is C32H30N4O3S. The Morgan fingerprint density at radius 2 is 1.52 bits per heavy atom. The second-order valence-electron chi connectivity index (χ2n) is 9.48. The number of sulfonamides is 1. The SMILES string of the molecule is Cc1ccc(S(=O)(=O)N(Cc2ccccc2)c2ccccc2C(=O)NCc2ccccc2-n2ccnc2C)cc1. The highest BCUT2D eigenvalue weighted by Crippen LogP contribution is 2.29. The molecule has 1 N–H and O–H groups in total. The molecule has 202 valence electrons. The number of nitrogens with zero attached hydrogens (tertiary/aromatic N) is 3. The number of nitrogens with one attached hydrogen (secondary N) is 1. The van der Waals surface area contributed by atoms with Crippen LogP contribution in [0.3, 0.4) is 0 Å². The molecule has 0 bridgehead atoms. The largest absolute Gasteiger partial charge is 0.348 e. The van der Waals surface area contributed by atoms with Crippen molar-refractivity contribution < 1.29 is 13.2 Å². The van der Waals surface area contributed by atoms with Gasteiger partial charge in [-0.15, -0.1) is 0 Å². The van der Waals surface area contributed by atoms with E-state index in [0.717, 1.165) is 28.2 Å². The fourth-order valence-corrected chi connectivity index (χ4v) is 6.04. The van der Waals surface area contributed by atoms with Crippen LogP contribution < -0.4 is 9.62 Å². The van der Waals surface area contributed by atoms with Gasteiger partial charge in [0.1, 0.15) is 5.82 Å². The average Bonchev–Trinajstić information content (AvgIpc) is 3.41. The number of imidazole rings is 1. The molecule has 0 unspecified atom stereocenters. The predicted octanol–water partition coefficient (Wildman–Crippen LogP) is 5.81. The molecule has 5 aromatic rings. The lowest BCUT2D eigenvalue weighted by atomic mass is 10.1. The molecular weight excluding hydrogens is 520 g/mol. The van der Waals surface area contributed by atoms with Gasteiger partial charge in [-0.25, -0.2) is 13.4 Å². The molecule has 0 radical (unpaired) electrons. The summed E-state index contributed by atoms with van der Waals surface area (Å²) in [6.07, 6.45) is 3.61. The van der Waals surface area contributed by atoms with E-state index in [2.05, 4.69) is 10.3 Å². The van der Waals surface area contributed by atoms with E-state index in [4.69, 9.17) is 0 Å². The number of hydrogen-bond acceptors (Lipinski definition) is 4. The molecule has 0 saturated carbocycles. The van der Waals surface area contributed by atoms with Crippen molar-refractivity contribution in [1.82, 2.24) is 14.9 Å². The van der Waals surface area contributed by atoms with E-state index in [-0.39, 0.29) is 29.5 Å². The van der Waals surface area contributed by atoms with Gasteiger partial charge in [-0.1, -0.05) is 78.4 Å². The van der Waals surface area contributed by atoms with Crippen molar-refractivity contribution in [2.24, 2.45) is 0 Å². The zero-order valence-corrected chi connectivity index (χ0v) is 23.2. The summed E-state index contributed by atoms with van der Waals surface area (Å²) in [5, 5.41) is 3.00. The van der Waals surface area contributed by atoms with Crippen molar-refractivity contribution in [3.8, 4) is 5.69 Å². The predicted molar refractivity (Wildman–Crippen MR) is 157 cm³/mol. The summed E-state index contributed by atoms with van der Waals surface area (Å²) in [5.74, 6) is 0.465. The minimum absolute atomic E-state index is 0.0735. The fraction of sp³-hybridized carbons (Fsp3) is 0.125.